The molecule has 104 valence electrons. The zero-order valence-corrected chi connectivity index (χ0v) is 11.7. The van der Waals surface area contributed by atoms with Crippen molar-refractivity contribution in [3.63, 3.8) is 0 Å². The lowest BCUT2D eigenvalue weighted by molar-refractivity contribution is -0.124. The second-order valence-electron chi connectivity index (χ2n) is 4.12. The molecule has 1 aromatic rings. The molecule has 0 aliphatic carbocycles. The Morgan fingerprint density at radius 2 is 1.95 bits per heavy atom. The number of carbonyl (C=O) groups is 2. The van der Waals surface area contributed by atoms with Crippen molar-refractivity contribution < 1.29 is 14.3 Å². The molecule has 19 heavy (non-hydrogen) atoms. The third kappa shape index (κ3) is 6.25. The summed E-state index contributed by atoms with van der Waals surface area (Å²) >= 11 is 5.33. The summed E-state index contributed by atoms with van der Waals surface area (Å²) in [6.45, 7) is 2.79. The van der Waals surface area contributed by atoms with Crippen molar-refractivity contribution >= 4 is 29.0 Å². The van der Waals surface area contributed by atoms with Crippen LogP contribution in [0.2, 0.25) is 0 Å². The topological polar surface area (TPSA) is 55.4 Å². The first kappa shape index (κ1) is 15.5. The van der Waals surface area contributed by atoms with E-state index in [2.05, 4.69) is 12.2 Å². The van der Waals surface area contributed by atoms with Gasteiger partial charge in [-0.3, -0.25) is 9.59 Å². The highest BCUT2D eigenvalue weighted by Crippen LogP contribution is 2.16. The summed E-state index contributed by atoms with van der Waals surface area (Å²) in [6.07, 6.45) is 1.90. The number of nitrogens with one attached hydrogen (secondary N) is 1. The van der Waals surface area contributed by atoms with Crippen LogP contribution in [-0.2, 0) is 9.59 Å². The minimum atomic E-state index is -0.356. The summed E-state index contributed by atoms with van der Waals surface area (Å²) in [5.41, 5.74) is 0.634. The van der Waals surface area contributed by atoms with E-state index in [1.165, 1.54) is 0 Å². The summed E-state index contributed by atoms with van der Waals surface area (Å²) in [6, 6.07) is 7.05. The Morgan fingerprint density at radius 3 is 2.53 bits per heavy atom. The van der Waals surface area contributed by atoms with Crippen LogP contribution in [0.25, 0.3) is 0 Å². The highest BCUT2D eigenvalue weighted by Gasteiger charge is 2.08. The molecule has 0 spiro atoms. The number of ether oxygens (including phenoxy) is 1. The molecule has 0 bridgehead atoms. The van der Waals surface area contributed by atoms with E-state index in [1.54, 1.807) is 24.3 Å². The molecule has 1 N–H and O–H groups in total. The van der Waals surface area contributed by atoms with Gasteiger partial charge in [-0.25, -0.2) is 0 Å². The molecule has 1 rings (SSSR count). The molecule has 0 aliphatic rings. The van der Waals surface area contributed by atoms with Crippen LogP contribution in [0.3, 0.4) is 0 Å². The molecule has 1 aromatic carbocycles. The number of ketones is 1. The van der Waals surface area contributed by atoms with Gasteiger partial charge in [0.15, 0.2) is 5.78 Å². The molecule has 0 aliphatic heterocycles. The predicted octanol–water partition coefficient (Wildman–Crippen LogP) is 3.00. The lowest BCUT2D eigenvalue weighted by Crippen LogP contribution is -2.16. The Morgan fingerprint density at radius 1 is 1.26 bits per heavy atom. The smallest absolute Gasteiger partial charge is 0.231 e. The van der Waals surface area contributed by atoms with Gasteiger partial charge in [0.25, 0.3) is 0 Å². The van der Waals surface area contributed by atoms with Crippen molar-refractivity contribution in [3.8, 4) is 5.75 Å². The van der Waals surface area contributed by atoms with Gasteiger partial charge >= 0.3 is 0 Å². The standard InChI is InChI=1S/C14H18ClNO3/c1-2-3-8-19-13-6-4-11(5-7-13)16-14(18)9-12(17)10-15/h4-7H,2-3,8-10H2,1H3,(H,16,18). The summed E-state index contributed by atoms with van der Waals surface area (Å²) in [5.74, 6) is -0.0234. The van der Waals surface area contributed by atoms with Gasteiger partial charge in [-0.2, -0.15) is 0 Å². The Hall–Kier alpha value is -1.55. The van der Waals surface area contributed by atoms with Crippen LogP contribution in [0.15, 0.2) is 24.3 Å². The monoisotopic (exact) mass is 283 g/mol. The second-order valence-corrected chi connectivity index (χ2v) is 4.39. The van der Waals surface area contributed by atoms with E-state index in [1.807, 2.05) is 0 Å². The maximum Gasteiger partial charge on any atom is 0.231 e. The predicted molar refractivity (Wildman–Crippen MR) is 75.8 cm³/mol. The Bertz CT molecular complexity index is 417. The number of alkyl halides is 1. The van der Waals surface area contributed by atoms with Crippen LogP contribution >= 0.6 is 11.6 Å². The number of halogens is 1. The molecular formula is C14H18ClNO3. The fourth-order valence-corrected chi connectivity index (χ4v) is 1.49. The van der Waals surface area contributed by atoms with Gasteiger partial charge in [0.05, 0.1) is 18.9 Å². The first-order valence-corrected chi connectivity index (χ1v) is 6.79. The van der Waals surface area contributed by atoms with Crippen LogP contribution in [-0.4, -0.2) is 24.2 Å². The number of anilines is 1. The first-order chi connectivity index (χ1) is 9.15. The zero-order chi connectivity index (χ0) is 14.1. The Kier molecular flexibility index (Phi) is 6.97. The number of unbranched alkanes of at least 4 members (excludes halogenated alkanes) is 1. The lowest BCUT2D eigenvalue weighted by Gasteiger charge is -2.07. The van der Waals surface area contributed by atoms with Crippen LogP contribution in [0, 0.1) is 0 Å². The van der Waals surface area contributed by atoms with Gasteiger partial charge in [-0.05, 0) is 30.7 Å². The minimum absolute atomic E-state index is 0.141. The number of rotatable bonds is 8. The molecule has 0 atom stereocenters. The van der Waals surface area contributed by atoms with E-state index in [0.29, 0.717) is 12.3 Å². The number of benzene rings is 1. The van der Waals surface area contributed by atoms with E-state index in [4.69, 9.17) is 16.3 Å². The number of Topliss-reactive ketones (excluding diaryl/α,β-unsaturated/α-hetero) is 1. The van der Waals surface area contributed by atoms with Crippen molar-refractivity contribution in [1.82, 2.24) is 0 Å². The van der Waals surface area contributed by atoms with Crippen molar-refractivity contribution in [2.45, 2.75) is 26.2 Å². The van der Waals surface area contributed by atoms with Gasteiger partial charge < -0.3 is 10.1 Å². The summed E-state index contributed by atoms with van der Waals surface area (Å²) in [5, 5.41) is 2.63. The van der Waals surface area contributed by atoms with Gasteiger partial charge in [0.2, 0.25) is 5.91 Å². The Balaban J connectivity index is 2.43. The average molecular weight is 284 g/mol. The van der Waals surface area contributed by atoms with Gasteiger partial charge in [0, 0.05) is 5.69 Å². The van der Waals surface area contributed by atoms with Crippen LogP contribution in [0.1, 0.15) is 26.2 Å². The van der Waals surface area contributed by atoms with Gasteiger partial charge in [-0.1, -0.05) is 13.3 Å². The molecule has 0 saturated carbocycles. The molecule has 4 nitrogen and oxygen atoms in total. The van der Waals surface area contributed by atoms with Crippen LogP contribution in [0.5, 0.6) is 5.75 Å². The molecule has 0 aromatic heterocycles. The molecular weight excluding hydrogens is 266 g/mol. The third-order valence-corrected chi connectivity index (χ3v) is 2.71. The summed E-state index contributed by atoms with van der Waals surface area (Å²) in [7, 11) is 0. The summed E-state index contributed by atoms with van der Waals surface area (Å²) in [4.78, 5) is 22.5. The molecule has 0 radical (unpaired) electrons. The van der Waals surface area contributed by atoms with Crippen molar-refractivity contribution in [1.29, 1.82) is 0 Å². The number of amides is 1. The van der Waals surface area contributed by atoms with Crippen molar-refractivity contribution in [2.24, 2.45) is 0 Å². The second kappa shape index (κ2) is 8.53. The number of hydrogen-bond donors (Lipinski definition) is 1. The normalized spacial score (nSPS) is 10.0. The van der Waals surface area contributed by atoms with Gasteiger partial charge in [0.1, 0.15) is 5.75 Å². The highest BCUT2D eigenvalue weighted by atomic mass is 35.5. The minimum Gasteiger partial charge on any atom is -0.494 e. The van der Waals surface area contributed by atoms with E-state index in [9.17, 15) is 9.59 Å². The quantitative estimate of drug-likeness (QED) is 0.453. The largest absolute Gasteiger partial charge is 0.494 e. The molecule has 1 amide bonds. The SMILES string of the molecule is CCCCOc1ccc(NC(=O)CC(=O)CCl)cc1. The fraction of sp³-hybridized carbons (Fsp3) is 0.429. The zero-order valence-electron chi connectivity index (χ0n) is 10.9. The van der Waals surface area contributed by atoms with E-state index >= 15 is 0 Å². The molecule has 0 unspecified atom stereocenters. The lowest BCUT2D eigenvalue weighted by atomic mass is 10.2. The Labute approximate surface area is 118 Å². The maximum absolute atomic E-state index is 11.5. The fourth-order valence-electron chi connectivity index (χ4n) is 1.40. The van der Waals surface area contributed by atoms with E-state index in [-0.39, 0.29) is 24.0 Å². The van der Waals surface area contributed by atoms with E-state index in [0.717, 1.165) is 18.6 Å². The maximum atomic E-state index is 11.5. The average Bonchev–Trinajstić information content (AvgIpc) is 2.40. The third-order valence-electron chi connectivity index (χ3n) is 2.41. The first-order valence-electron chi connectivity index (χ1n) is 6.26. The van der Waals surface area contributed by atoms with Crippen LogP contribution in [0.4, 0.5) is 5.69 Å². The number of hydrogen-bond acceptors (Lipinski definition) is 3. The van der Waals surface area contributed by atoms with Gasteiger partial charge in [-0.15, -0.1) is 11.6 Å². The van der Waals surface area contributed by atoms with Crippen molar-refractivity contribution in [3.05, 3.63) is 24.3 Å². The molecule has 0 heterocycles. The molecule has 5 heteroatoms. The highest BCUT2D eigenvalue weighted by molar-refractivity contribution is 6.29. The van der Waals surface area contributed by atoms with Crippen LogP contribution < -0.4 is 10.1 Å². The summed E-state index contributed by atoms with van der Waals surface area (Å²) < 4.78 is 5.50. The molecule has 0 fully saturated rings. The van der Waals surface area contributed by atoms with E-state index < -0.39 is 0 Å². The number of carbonyl (C=O) groups excluding carboxylic acids is 2. The van der Waals surface area contributed by atoms with Crippen molar-refractivity contribution in [2.75, 3.05) is 17.8 Å². The molecule has 0 saturated heterocycles.